The van der Waals surface area contributed by atoms with Gasteiger partial charge in [0.05, 0.1) is 5.69 Å². The Morgan fingerprint density at radius 2 is 2.00 bits per heavy atom. The molecule has 0 aromatic carbocycles. The number of aryl methyl sites for hydroxylation is 2. The molecule has 0 aliphatic rings. The summed E-state index contributed by atoms with van der Waals surface area (Å²) in [6.07, 6.45) is 3.34. The first-order valence-electron chi connectivity index (χ1n) is 4.80. The van der Waals surface area contributed by atoms with Gasteiger partial charge in [0.25, 0.3) is 0 Å². The van der Waals surface area contributed by atoms with Crippen LogP contribution in [-0.4, -0.2) is 15.0 Å². The Bertz CT molecular complexity index is 516. The van der Waals surface area contributed by atoms with Crippen molar-refractivity contribution in [1.29, 1.82) is 0 Å². The molecule has 0 saturated carbocycles. The standard InChI is InChI=1S/C11H11FN4/c1-6-5-14-4-3-8(6)11-15-7(2)9(12)10(13)16-11/h3-5H,1-2H3,(H2,13,15,16). The highest BCUT2D eigenvalue weighted by atomic mass is 19.1. The molecule has 0 unspecified atom stereocenters. The molecule has 2 aromatic heterocycles. The maximum Gasteiger partial charge on any atom is 0.186 e. The van der Waals surface area contributed by atoms with Crippen molar-refractivity contribution < 1.29 is 4.39 Å². The second kappa shape index (κ2) is 3.84. The maximum absolute atomic E-state index is 13.3. The predicted octanol–water partition coefficient (Wildman–Crippen LogP) is 1.88. The van der Waals surface area contributed by atoms with Gasteiger partial charge in [-0.05, 0) is 25.5 Å². The second-order valence-corrected chi connectivity index (χ2v) is 3.52. The normalized spacial score (nSPS) is 10.4. The van der Waals surface area contributed by atoms with Crippen molar-refractivity contribution in [2.45, 2.75) is 13.8 Å². The Kier molecular flexibility index (Phi) is 2.52. The number of hydrogen-bond donors (Lipinski definition) is 1. The van der Waals surface area contributed by atoms with E-state index in [1.165, 1.54) is 0 Å². The van der Waals surface area contributed by atoms with Gasteiger partial charge in [-0.3, -0.25) is 4.98 Å². The van der Waals surface area contributed by atoms with Crippen LogP contribution in [0.5, 0.6) is 0 Å². The molecule has 0 atom stereocenters. The monoisotopic (exact) mass is 218 g/mol. The summed E-state index contributed by atoms with van der Waals surface area (Å²) in [7, 11) is 0. The van der Waals surface area contributed by atoms with E-state index in [0.717, 1.165) is 11.1 Å². The molecule has 2 aromatic rings. The van der Waals surface area contributed by atoms with E-state index in [9.17, 15) is 4.39 Å². The van der Waals surface area contributed by atoms with Gasteiger partial charge in [-0.25, -0.2) is 14.4 Å². The minimum atomic E-state index is -0.560. The van der Waals surface area contributed by atoms with Gasteiger partial charge in [-0.1, -0.05) is 0 Å². The number of halogens is 1. The van der Waals surface area contributed by atoms with E-state index < -0.39 is 5.82 Å². The number of rotatable bonds is 1. The Morgan fingerprint density at radius 3 is 2.62 bits per heavy atom. The molecule has 0 aliphatic heterocycles. The number of pyridine rings is 1. The number of nitrogens with two attached hydrogens (primary N) is 1. The molecule has 16 heavy (non-hydrogen) atoms. The van der Waals surface area contributed by atoms with Crippen LogP contribution in [0.4, 0.5) is 10.2 Å². The Labute approximate surface area is 92.4 Å². The Hall–Kier alpha value is -2.04. The van der Waals surface area contributed by atoms with E-state index in [-0.39, 0.29) is 11.5 Å². The molecule has 82 valence electrons. The first-order valence-corrected chi connectivity index (χ1v) is 4.80. The molecule has 0 amide bonds. The molecule has 0 radical (unpaired) electrons. The van der Waals surface area contributed by atoms with E-state index in [1.54, 1.807) is 25.4 Å². The molecule has 0 bridgehead atoms. The third-order valence-electron chi connectivity index (χ3n) is 2.30. The van der Waals surface area contributed by atoms with Crippen molar-refractivity contribution >= 4 is 5.82 Å². The van der Waals surface area contributed by atoms with Gasteiger partial charge in [0, 0.05) is 18.0 Å². The van der Waals surface area contributed by atoms with Gasteiger partial charge in [0.1, 0.15) is 0 Å². The van der Waals surface area contributed by atoms with E-state index in [1.807, 2.05) is 6.92 Å². The van der Waals surface area contributed by atoms with Gasteiger partial charge in [0.15, 0.2) is 17.5 Å². The summed E-state index contributed by atoms with van der Waals surface area (Å²) in [4.78, 5) is 12.0. The average molecular weight is 218 g/mol. The van der Waals surface area contributed by atoms with Crippen LogP contribution in [0.15, 0.2) is 18.5 Å². The highest BCUT2D eigenvalue weighted by Gasteiger charge is 2.11. The molecule has 0 spiro atoms. The molecule has 0 fully saturated rings. The lowest BCUT2D eigenvalue weighted by Crippen LogP contribution is -2.03. The van der Waals surface area contributed by atoms with Crippen LogP contribution >= 0.6 is 0 Å². The highest BCUT2D eigenvalue weighted by molar-refractivity contribution is 5.60. The summed E-state index contributed by atoms with van der Waals surface area (Å²) in [6.45, 7) is 3.45. The summed E-state index contributed by atoms with van der Waals surface area (Å²) in [5, 5.41) is 0. The third kappa shape index (κ3) is 1.71. The van der Waals surface area contributed by atoms with Crippen LogP contribution in [0.2, 0.25) is 0 Å². The molecule has 5 heteroatoms. The number of hydrogen-bond acceptors (Lipinski definition) is 4. The zero-order valence-corrected chi connectivity index (χ0v) is 9.03. The molecule has 2 heterocycles. The maximum atomic E-state index is 13.3. The van der Waals surface area contributed by atoms with Crippen LogP contribution in [0, 0.1) is 19.7 Å². The average Bonchev–Trinajstić information content (AvgIpc) is 2.26. The molecule has 4 nitrogen and oxygen atoms in total. The fourth-order valence-corrected chi connectivity index (χ4v) is 1.43. The van der Waals surface area contributed by atoms with Gasteiger partial charge < -0.3 is 5.73 Å². The summed E-state index contributed by atoms with van der Waals surface area (Å²) < 4.78 is 13.3. The molecular weight excluding hydrogens is 207 g/mol. The quantitative estimate of drug-likeness (QED) is 0.793. The van der Waals surface area contributed by atoms with Crippen molar-refractivity contribution in [2.24, 2.45) is 0 Å². The first-order chi connectivity index (χ1) is 7.59. The Balaban J connectivity index is 2.62. The van der Waals surface area contributed by atoms with Crippen molar-refractivity contribution in [1.82, 2.24) is 15.0 Å². The molecule has 0 aliphatic carbocycles. The van der Waals surface area contributed by atoms with Crippen molar-refractivity contribution in [3.05, 3.63) is 35.5 Å². The third-order valence-corrected chi connectivity index (χ3v) is 2.30. The van der Waals surface area contributed by atoms with Crippen LogP contribution in [0.25, 0.3) is 11.4 Å². The fourth-order valence-electron chi connectivity index (χ4n) is 1.43. The van der Waals surface area contributed by atoms with E-state index in [4.69, 9.17) is 5.73 Å². The van der Waals surface area contributed by atoms with Gasteiger partial charge in [-0.2, -0.15) is 0 Å². The van der Waals surface area contributed by atoms with Crippen molar-refractivity contribution in [2.75, 3.05) is 5.73 Å². The molecule has 2 N–H and O–H groups in total. The summed E-state index contributed by atoms with van der Waals surface area (Å²) in [5.41, 5.74) is 7.45. The van der Waals surface area contributed by atoms with Crippen molar-refractivity contribution in [3.8, 4) is 11.4 Å². The number of nitrogens with zero attached hydrogens (tertiary/aromatic N) is 3. The van der Waals surface area contributed by atoms with Crippen LogP contribution in [0.1, 0.15) is 11.3 Å². The number of nitrogen functional groups attached to an aromatic ring is 1. The van der Waals surface area contributed by atoms with Crippen molar-refractivity contribution in [3.63, 3.8) is 0 Å². The Morgan fingerprint density at radius 1 is 1.25 bits per heavy atom. The minimum absolute atomic E-state index is 0.126. The number of aromatic nitrogens is 3. The SMILES string of the molecule is Cc1cnccc1-c1nc(C)c(F)c(N)n1. The molecule has 2 rings (SSSR count). The lowest BCUT2D eigenvalue weighted by molar-refractivity contribution is 0.608. The highest BCUT2D eigenvalue weighted by Crippen LogP contribution is 2.21. The zero-order chi connectivity index (χ0) is 11.7. The van der Waals surface area contributed by atoms with Gasteiger partial charge in [0.2, 0.25) is 0 Å². The second-order valence-electron chi connectivity index (χ2n) is 3.52. The lowest BCUT2D eigenvalue weighted by Gasteiger charge is -2.06. The van der Waals surface area contributed by atoms with Gasteiger partial charge in [-0.15, -0.1) is 0 Å². The van der Waals surface area contributed by atoms with E-state index in [2.05, 4.69) is 15.0 Å². The minimum Gasteiger partial charge on any atom is -0.381 e. The smallest absolute Gasteiger partial charge is 0.186 e. The van der Waals surface area contributed by atoms with Crippen LogP contribution in [0.3, 0.4) is 0 Å². The van der Waals surface area contributed by atoms with Crippen LogP contribution < -0.4 is 5.73 Å². The summed E-state index contributed by atoms with van der Waals surface area (Å²) in [5.74, 6) is -0.259. The summed E-state index contributed by atoms with van der Waals surface area (Å²) >= 11 is 0. The lowest BCUT2D eigenvalue weighted by atomic mass is 10.1. The van der Waals surface area contributed by atoms with Crippen LogP contribution in [-0.2, 0) is 0 Å². The first kappa shape index (κ1) is 10.5. The van der Waals surface area contributed by atoms with Gasteiger partial charge >= 0.3 is 0 Å². The van der Waals surface area contributed by atoms with E-state index >= 15 is 0 Å². The fraction of sp³-hybridized carbons (Fsp3) is 0.182. The topological polar surface area (TPSA) is 64.7 Å². The van der Waals surface area contributed by atoms with E-state index in [0.29, 0.717) is 5.82 Å². The molecular formula is C11H11FN4. The number of anilines is 1. The largest absolute Gasteiger partial charge is 0.381 e. The summed E-state index contributed by atoms with van der Waals surface area (Å²) in [6, 6.07) is 1.78. The molecule has 0 saturated heterocycles. The predicted molar refractivity (Wildman–Crippen MR) is 59.1 cm³/mol. The zero-order valence-electron chi connectivity index (χ0n) is 9.03.